The van der Waals surface area contributed by atoms with E-state index in [1.54, 1.807) is 0 Å². The van der Waals surface area contributed by atoms with Crippen LogP contribution in [-0.4, -0.2) is 20.3 Å². The van der Waals surface area contributed by atoms with Crippen LogP contribution in [-0.2, 0) is 7.05 Å². The Labute approximate surface area is 123 Å². The molecule has 20 heavy (non-hydrogen) atoms. The van der Waals surface area contributed by atoms with Crippen molar-refractivity contribution in [2.75, 3.05) is 5.75 Å². The fourth-order valence-corrected chi connectivity index (χ4v) is 3.15. The van der Waals surface area contributed by atoms with E-state index in [0.717, 1.165) is 28.3 Å². The zero-order valence-corrected chi connectivity index (χ0v) is 12.7. The molecule has 0 saturated heterocycles. The zero-order chi connectivity index (χ0) is 14.1. The second-order valence-corrected chi connectivity index (χ2v) is 6.02. The molecule has 3 nitrogen and oxygen atoms in total. The molecule has 0 saturated carbocycles. The van der Waals surface area contributed by atoms with Gasteiger partial charge in [-0.15, -0.1) is 11.8 Å². The van der Waals surface area contributed by atoms with Gasteiger partial charge in [-0.1, -0.05) is 25.1 Å². The zero-order valence-electron chi connectivity index (χ0n) is 11.9. The van der Waals surface area contributed by atoms with Crippen molar-refractivity contribution in [2.24, 2.45) is 7.05 Å². The first-order valence-electron chi connectivity index (χ1n) is 6.72. The second-order valence-electron chi connectivity index (χ2n) is 4.71. The van der Waals surface area contributed by atoms with Crippen LogP contribution in [0.3, 0.4) is 0 Å². The Morgan fingerprint density at radius 2 is 2.05 bits per heavy atom. The van der Waals surface area contributed by atoms with Crippen molar-refractivity contribution in [3.8, 4) is 11.1 Å². The van der Waals surface area contributed by atoms with Gasteiger partial charge in [0.2, 0.25) is 0 Å². The lowest BCUT2D eigenvalue weighted by Gasteiger charge is -2.08. The number of fused-ring (bicyclic) bond motifs is 1. The van der Waals surface area contributed by atoms with E-state index >= 15 is 0 Å². The van der Waals surface area contributed by atoms with Crippen LogP contribution < -0.4 is 0 Å². The summed E-state index contributed by atoms with van der Waals surface area (Å²) in [4.78, 5) is 10.4. The molecule has 102 valence electrons. The van der Waals surface area contributed by atoms with Gasteiger partial charge in [-0.05, 0) is 30.4 Å². The molecule has 0 N–H and O–H groups in total. The van der Waals surface area contributed by atoms with E-state index in [-0.39, 0.29) is 0 Å². The standard InChI is InChI=1S/C16H17N3S/c1-4-20-15-8-6-5-7-13(15)12-9-14-16(17-10-12)19(3)11(2)18-14/h5-10H,4H2,1-3H3. The second kappa shape index (κ2) is 5.29. The lowest BCUT2D eigenvalue weighted by atomic mass is 10.1. The normalized spacial score (nSPS) is 11.2. The van der Waals surface area contributed by atoms with Crippen LogP contribution in [0, 0.1) is 6.92 Å². The monoisotopic (exact) mass is 283 g/mol. The molecule has 0 aliphatic heterocycles. The molecule has 0 unspecified atom stereocenters. The Morgan fingerprint density at radius 3 is 2.85 bits per heavy atom. The molecule has 0 fully saturated rings. The number of aromatic nitrogens is 3. The van der Waals surface area contributed by atoms with E-state index in [1.165, 1.54) is 10.5 Å². The predicted molar refractivity (Wildman–Crippen MR) is 85.1 cm³/mol. The molecule has 0 aliphatic carbocycles. The number of pyridine rings is 1. The lowest BCUT2D eigenvalue weighted by molar-refractivity contribution is 0.874. The van der Waals surface area contributed by atoms with Crippen molar-refractivity contribution < 1.29 is 0 Å². The van der Waals surface area contributed by atoms with E-state index in [2.05, 4.69) is 47.2 Å². The summed E-state index contributed by atoms with van der Waals surface area (Å²) in [6, 6.07) is 10.6. The maximum absolute atomic E-state index is 4.57. The molecule has 4 heteroatoms. The first kappa shape index (κ1) is 13.2. The summed E-state index contributed by atoms with van der Waals surface area (Å²) in [6.07, 6.45) is 1.94. The Kier molecular flexibility index (Phi) is 3.49. The molecule has 0 spiro atoms. The van der Waals surface area contributed by atoms with Gasteiger partial charge in [0.1, 0.15) is 11.3 Å². The number of imidazole rings is 1. The average molecular weight is 283 g/mol. The molecule has 0 amide bonds. The fraction of sp³-hybridized carbons (Fsp3) is 0.250. The third-order valence-electron chi connectivity index (χ3n) is 3.43. The molecule has 0 radical (unpaired) electrons. The van der Waals surface area contributed by atoms with Crippen molar-refractivity contribution in [2.45, 2.75) is 18.7 Å². The fourth-order valence-electron chi connectivity index (χ4n) is 2.32. The van der Waals surface area contributed by atoms with Crippen molar-refractivity contribution in [3.05, 3.63) is 42.4 Å². The van der Waals surface area contributed by atoms with Gasteiger partial charge in [-0.2, -0.15) is 0 Å². The van der Waals surface area contributed by atoms with Crippen LogP contribution in [0.4, 0.5) is 0 Å². The van der Waals surface area contributed by atoms with E-state index < -0.39 is 0 Å². The Hall–Kier alpha value is -1.81. The highest BCUT2D eigenvalue weighted by molar-refractivity contribution is 7.99. The molecular weight excluding hydrogens is 266 g/mol. The number of hydrogen-bond donors (Lipinski definition) is 0. The van der Waals surface area contributed by atoms with Gasteiger partial charge in [0, 0.05) is 23.7 Å². The van der Waals surface area contributed by atoms with Crippen molar-refractivity contribution >= 4 is 22.9 Å². The summed E-state index contributed by atoms with van der Waals surface area (Å²) in [5.41, 5.74) is 4.26. The number of hydrogen-bond acceptors (Lipinski definition) is 3. The van der Waals surface area contributed by atoms with Gasteiger partial charge >= 0.3 is 0 Å². The largest absolute Gasteiger partial charge is 0.316 e. The number of nitrogens with zero attached hydrogens (tertiary/aromatic N) is 3. The number of thioether (sulfide) groups is 1. The Morgan fingerprint density at radius 1 is 1.25 bits per heavy atom. The van der Waals surface area contributed by atoms with Crippen LogP contribution in [0.15, 0.2) is 41.4 Å². The van der Waals surface area contributed by atoms with Crippen LogP contribution >= 0.6 is 11.8 Å². The minimum Gasteiger partial charge on any atom is -0.316 e. The minimum absolute atomic E-state index is 0.937. The minimum atomic E-state index is 0.937. The Bertz CT molecular complexity index is 762. The van der Waals surface area contributed by atoms with Gasteiger partial charge in [0.05, 0.1) is 0 Å². The summed E-state index contributed by atoms with van der Waals surface area (Å²) in [5, 5.41) is 0. The van der Waals surface area contributed by atoms with Crippen LogP contribution in [0.5, 0.6) is 0 Å². The lowest BCUT2D eigenvalue weighted by Crippen LogP contribution is -1.92. The molecule has 2 aromatic heterocycles. The Balaban J connectivity index is 2.15. The molecule has 0 bridgehead atoms. The molecule has 0 atom stereocenters. The van der Waals surface area contributed by atoms with Crippen molar-refractivity contribution in [3.63, 3.8) is 0 Å². The quantitative estimate of drug-likeness (QED) is 0.679. The smallest absolute Gasteiger partial charge is 0.159 e. The predicted octanol–water partition coefficient (Wildman–Crippen LogP) is 4.06. The van der Waals surface area contributed by atoms with Crippen LogP contribution in [0.2, 0.25) is 0 Å². The highest BCUT2D eigenvalue weighted by atomic mass is 32.2. The molecular formula is C16H17N3S. The van der Waals surface area contributed by atoms with E-state index in [9.17, 15) is 0 Å². The number of rotatable bonds is 3. The molecule has 3 rings (SSSR count). The summed E-state index contributed by atoms with van der Waals surface area (Å²) in [5.74, 6) is 2.05. The van der Waals surface area contributed by atoms with Gasteiger partial charge in [-0.3, -0.25) is 0 Å². The average Bonchev–Trinajstić information content (AvgIpc) is 2.74. The molecule has 2 heterocycles. The first-order chi connectivity index (χ1) is 9.70. The molecule has 3 aromatic rings. The molecule has 1 aromatic carbocycles. The third-order valence-corrected chi connectivity index (χ3v) is 4.39. The highest BCUT2D eigenvalue weighted by Gasteiger charge is 2.09. The first-order valence-corrected chi connectivity index (χ1v) is 7.70. The van der Waals surface area contributed by atoms with Crippen LogP contribution in [0.25, 0.3) is 22.3 Å². The molecule has 0 aliphatic rings. The summed E-state index contributed by atoms with van der Waals surface area (Å²) >= 11 is 1.86. The maximum Gasteiger partial charge on any atom is 0.159 e. The van der Waals surface area contributed by atoms with Crippen molar-refractivity contribution in [1.82, 2.24) is 14.5 Å². The van der Waals surface area contributed by atoms with Gasteiger partial charge in [0.15, 0.2) is 5.65 Å². The number of aryl methyl sites for hydroxylation is 2. The van der Waals surface area contributed by atoms with Crippen molar-refractivity contribution in [1.29, 1.82) is 0 Å². The summed E-state index contributed by atoms with van der Waals surface area (Å²) < 4.78 is 2.02. The van der Waals surface area contributed by atoms with E-state index in [4.69, 9.17) is 0 Å². The van der Waals surface area contributed by atoms with Gasteiger partial charge in [-0.25, -0.2) is 9.97 Å². The third kappa shape index (κ3) is 2.20. The van der Waals surface area contributed by atoms with Gasteiger partial charge in [0.25, 0.3) is 0 Å². The topological polar surface area (TPSA) is 30.7 Å². The van der Waals surface area contributed by atoms with E-state index in [1.807, 2.05) is 36.5 Å². The van der Waals surface area contributed by atoms with Crippen LogP contribution in [0.1, 0.15) is 12.7 Å². The maximum atomic E-state index is 4.57. The SMILES string of the molecule is CCSc1ccccc1-c1cnc2c(c1)nc(C)n2C. The number of benzene rings is 1. The highest BCUT2D eigenvalue weighted by Crippen LogP contribution is 2.32. The van der Waals surface area contributed by atoms with E-state index in [0.29, 0.717) is 0 Å². The summed E-state index contributed by atoms with van der Waals surface area (Å²) in [6.45, 7) is 4.17. The van der Waals surface area contributed by atoms with Gasteiger partial charge < -0.3 is 4.57 Å². The summed E-state index contributed by atoms with van der Waals surface area (Å²) in [7, 11) is 2.00.